The van der Waals surface area contributed by atoms with Crippen LogP contribution < -0.4 is 0 Å². The smallest absolute Gasteiger partial charge is 0.0991 e. The van der Waals surface area contributed by atoms with E-state index in [1.165, 1.54) is 26.9 Å². The largest absolute Gasteiger partial charge is 0.309 e. The van der Waals surface area contributed by atoms with Crippen LogP contribution in [0.3, 0.4) is 0 Å². The maximum Gasteiger partial charge on any atom is 0.0991 e. The van der Waals surface area contributed by atoms with Crippen molar-refractivity contribution in [2.24, 2.45) is 0 Å². The molecule has 15 aromatic rings. The van der Waals surface area contributed by atoms with E-state index >= 15 is 0 Å². The molecule has 6 heteroatoms. The number of aryl methyl sites for hydroxylation is 1. The van der Waals surface area contributed by atoms with Crippen LogP contribution in [0.5, 0.6) is 0 Å². The molecular formula is C69H42N6. The zero-order valence-electron chi connectivity index (χ0n) is 40.7. The Morgan fingerprint density at radius 1 is 0.293 bits per heavy atom. The van der Waals surface area contributed by atoms with Gasteiger partial charge in [0, 0.05) is 65.7 Å². The van der Waals surface area contributed by atoms with Crippen molar-refractivity contribution in [2.45, 2.75) is 6.92 Å². The van der Waals surface area contributed by atoms with Gasteiger partial charge in [-0.15, -0.1) is 0 Å². The fourth-order valence-corrected chi connectivity index (χ4v) is 12.4. The first-order valence-electron chi connectivity index (χ1n) is 25.3. The van der Waals surface area contributed by atoms with Gasteiger partial charge in [0.1, 0.15) is 0 Å². The fraction of sp³-hybridized carbons (Fsp3) is 0.0145. The van der Waals surface area contributed by atoms with Crippen molar-refractivity contribution >= 4 is 87.2 Å². The molecule has 0 unspecified atom stereocenters. The minimum absolute atomic E-state index is 0.557. The maximum absolute atomic E-state index is 10.8. The topological polar surface area (TPSA) is 67.3 Å². The molecule has 0 aliphatic carbocycles. The van der Waals surface area contributed by atoms with Crippen LogP contribution in [-0.2, 0) is 0 Å². The molecule has 11 aromatic carbocycles. The van der Waals surface area contributed by atoms with Gasteiger partial charge in [-0.3, -0.25) is 0 Å². The van der Waals surface area contributed by atoms with Crippen molar-refractivity contribution in [3.05, 3.63) is 253 Å². The fourth-order valence-electron chi connectivity index (χ4n) is 12.4. The molecule has 75 heavy (non-hydrogen) atoms. The number of nitrogens with zero attached hydrogens (tertiary/aromatic N) is 6. The Bertz CT molecular complexity index is 4970. The first kappa shape index (κ1) is 42.3. The highest BCUT2D eigenvalue weighted by atomic mass is 15.0. The van der Waals surface area contributed by atoms with E-state index in [1.54, 1.807) is 0 Å². The first-order valence-corrected chi connectivity index (χ1v) is 25.3. The number of fused-ring (bicyclic) bond motifs is 14. The summed E-state index contributed by atoms with van der Waals surface area (Å²) in [6.45, 7) is 2.08. The van der Waals surface area contributed by atoms with Gasteiger partial charge in [-0.25, -0.2) is 0 Å². The van der Waals surface area contributed by atoms with E-state index in [0.717, 1.165) is 111 Å². The molecule has 0 bridgehead atoms. The zero-order valence-corrected chi connectivity index (χ0v) is 40.7. The lowest BCUT2D eigenvalue weighted by Gasteiger charge is -2.20. The SMILES string of the molecule is Cc1cc(C#N)ccc1-c1ccc(-n2c3ccccc3c3c2ccc2c4ccccc4n(-c4ccccc4)c23)cc1-c1cc(C#N)ccc1-n1c2ccccc2c2c1ccc1c3ccccc3n(-c3ccccc3)c12. The van der Waals surface area contributed by atoms with Crippen molar-refractivity contribution in [3.63, 3.8) is 0 Å². The van der Waals surface area contributed by atoms with Gasteiger partial charge in [0.05, 0.1) is 73.1 Å². The van der Waals surface area contributed by atoms with Crippen molar-refractivity contribution in [2.75, 3.05) is 0 Å². The van der Waals surface area contributed by atoms with E-state index in [2.05, 4.69) is 256 Å². The number of nitriles is 2. The molecule has 0 atom stereocenters. The van der Waals surface area contributed by atoms with E-state index in [1.807, 2.05) is 18.2 Å². The molecule has 15 rings (SSSR count). The third-order valence-electron chi connectivity index (χ3n) is 15.5. The van der Waals surface area contributed by atoms with Crippen LogP contribution in [0.15, 0.2) is 237 Å². The Labute approximate surface area is 431 Å². The summed E-state index contributed by atoms with van der Waals surface area (Å²) in [6.07, 6.45) is 0. The van der Waals surface area contributed by atoms with Gasteiger partial charge in [0.2, 0.25) is 0 Å². The lowest BCUT2D eigenvalue weighted by molar-refractivity contribution is 1.16. The van der Waals surface area contributed by atoms with Crippen molar-refractivity contribution in [3.8, 4) is 57.1 Å². The molecule has 348 valence electrons. The van der Waals surface area contributed by atoms with Crippen molar-refractivity contribution < 1.29 is 0 Å². The van der Waals surface area contributed by atoms with Crippen LogP contribution in [0, 0.1) is 29.6 Å². The summed E-state index contributed by atoms with van der Waals surface area (Å²) in [6, 6.07) is 89.0. The van der Waals surface area contributed by atoms with E-state index in [-0.39, 0.29) is 0 Å². The van der Waals surface area contributed by atoms with Gasteiger partial charge in [0.25, 0.3) is 0 Å². The Balaban J connectivity index is 1.05. The van der Waals surface area contributed by atoms with E-state index < -0.39 is 0 Å². The van der Waals surface area contributed by atoms with E-state index in [0.29, 0.717) is 11.1 Å². The normalized spacial score (nSPS) is 11.8. The summed E-state index contributed by atoms with van der Waals surface area (Å²) < 4.78 is 9.64. The van der Waals surface area contributed by atoms with E-state index in [4.69, 9.17) is 0 Å². The molecule has 0 aliphatic heterocycles. The number of benzene rings is 11. The van der Waals surface area contributed by atoms with Crippen molar-refractivity contribution in [1.29, 1.82) is 10.5 Å². The first-order chi connectivity index (χ1) is 37.1. The molecule has 0 saturated carbocycles. The zero-order chi connectivity index (χ0) is 49.9. The Morgan fingerprint density at radius 2 is 0.747 bits per heavy atom. The van der Waals surface area contributed by atoms with Crippen LogP contribution in [0.2, 0.25) is 0 Å². The van der Waals surface area contributed by atoms with Crippen LogP contribution >= 0.6 is 0 Å². The number of aromatic nitrogens is 4. The minimum atomic E-state index is 0.557. The molecule has 0 aliphatic rings. The third kappa shape index (κ3) is 6.12. The molecular weight excluding hydrogens is 913 g/mol. The minimum Gasteiger partial charge on any atom is -0.309 e. The predicted octanol–water partition coefficient (Wildman–Crippen LogP) is 17.5. The summed E-state index contributed by atoms with van der Waals surface area (Å²) >= 11 is 0. The molecule has 0 radical (unpaired) electrons. The monoisotopic (exact) mass is 954 g/mol. The summed E-state index contributed by atoms with van der Waals surface area (Å²) in [5, 5.41) is 30.2. The van der Waals surface area contributed by atoms with Crippen LogP contribution in [-0.4, -0.2) is 18.3 Å². The summed E-state index contributed by atoms with van der Waals surface area (Å²) in [7, 11) is 0. The summed E-state index contributed by atoms with van der Waals surface area (Å²) in [4.78, 5) is 0. The van der Waals surface area contributed by atoms with Gasteiger partial charge in [-0.05, 0) is 132 Å². The van der Waals surface area contributed by atoms with Gasteiger partial charge >= 0.3 is 0 Å². The lowest BCUT2D eigenvalue weighted by Crippen LogP contribution is -2.01. The van der Waals surface area contributed by atoms with Gasteiger partial charge in [-0.1, -0.05) is 133 Å². The Hall–Kier alpha value is -10.4. The molecule has 0 saturated heterocycles. The average Bonchev–Trinajstić information content (AvgIpc) is 4.35. The second-order valence-electron chi connectivity index (χ2n) is 19.5. The standard InChI is InChI=1S/C69H42N6/c1-43-38-44(41-70)28-31-49(43)50-32-30-48(72-61-26-14-10-22-55(61)66-64(72)36-33-53-51-20-8-12-24-59(51)73(68(53)66)46-16-4-2-5-17-46)40-57(50)58-39-45(42-71)29-35-63(58)75-62-27-15-11-23-56(62)67-65(75)37-34-54-52-21-9-13-25-60(52)74(69(54)67)47-18-6-3-7-19-47/h2-40H,1H3. The molecule has 6 nitrogen and oxygen atoms in total. The van der Waals surface area contributed by atoms with Crippen LogP contribution in [0.25, 0.3) is 132 Å². The highest BCUT2D eigenvalue weighted by molar-refractivity contribution is 6.28. The number of para-hydroxylation sites is 6. The molecule has 0 spiro atoms. The number of hydrogen-bond donors (Lipinski definition) is 0. The summed E-state index contributed by atoms with van der Waals surface area (Å²) in [5.74, 6) is 0. The highest BCUT2D eigenvalue weighted by Gasteiger charge is 2.26. The van der Waals surface area contributed by atoms with Gasteiger partial charge < -0.3 is 18.3 Å². The second kappa shape index (κ2) is 16.3. The lowest BCUT2D eigenvalue weighted by atomic mass is 9.89. The van der Waals surface area contributed by atoms with E-state index in [9.17, 15) is 10.5 Å². The molecule has 0 N–H and O–H groups in total. The van der Waals surface area contributed by atoms with Crippen molar-refractivity contribution in [1.82, 2.24) is 18.3 Å². The van der Waals surface area contributed by atoms with Gasteiger partial charge in [0.15, 0.2) is 0 Å². The Kier molecular flexibility index (Phi) is 9.20. The highest BCUT2D eigenvalue weighted by Crippen LogP contribution is 2.47. The molecule has 0 fully saturated rings. The van der Waals surface area contributed by atoms with Gasteiger partial charge in [-0.2, -0.15) is 10.5 Å². The molecule has 4 heterocycles. The van der Waals surface area contributed by atoms with Crippen LogP contribution in [0.4, 0.5) is 0 Å². The Morgan fingerprint density at radius 3 is 1.29 bits per heavy atom. The quantitative estimate of drug-likeness (QED) is 0.167. The maximum atomic E-state index is 10.8. The third-order valence-corrected chi connectivity index (χ3v) is 15.5. The predicted molar refractivity (Wildman–Crippen MR) is 309 cm³/mol. The second-order valence-corrected chi connectivity index (χ2v) is 19.5. The summed E-state index contributed by atoms with van der Waals surface area (Å²) in [5.41, 5.74) is 19.1. The molecule has 0 amide bonds. The number of hydrogen-bond acceptors (Lipinski definition) is 2. The average molecular weight is 955 g/mol. The van der Waals surface area contributed by atoms with Crippen LogP contribution in [0.1, 0.15) is 16.7 Å². The molecule has 4 aromatic heterocycles. The number of rotatable bonds is 6.